The van der Waals surface area contributed by atoms with E-state index in [1.807, 2.05) is 17.5 Å². The summed E-state index contributed by atoms with van der Waals surface area (Å²) < 4.78 is 10.8. The number of ether oxygens (including phenoxy) is 2. The molecule has 0 saturated heterocycles. The molecule has 5 nitrogen and oxygen atoms in total. The Kier molecular flexibility index (Phi) is 6.08. The number of thiazole rings is 1. The molecular formula is C21H19N3O2S. The first-order valence-electron chi connectivity index (χ1n) is 8.25. The van der Waals surface area contributed by atoms with Crippen LogP contribution in [0.25, 0.3) is 11.3 Å². The van der Waals surface area contributed by atoms with Crippen LogP contribution in [0.2, 0.25) is 0 Å². The molecule has 6 heteroatoms. The molecule has 3 rings (SSSR count). The minimum absolute atomic E-state index is 0.193. The molecular weight excluding hydrogens is 358 g/mol. The molecule has 0 saturated carbocycles. The number of terminal acetylenes is 1. The van der Waals surface area contributed by atoms with Gasteiger partial charge in [0.2, 0.25) is 5.13 Å². The van der Waals surface area contributed by atoms with Gasteiger partial charge in [-0.1, -0.05) is 35.7 Å². The van der Waals surface area contributed by atoms with Crippen molar-refractivity contribution in [2.45, 2.75) is 6.92 Å². The topological polar surface area (TPSA) is 55.7 Å². The van der Waals surface area contributed by atoms with E-state index < -0.39 is 0 Å². The van der Waals surface area contributed by atoms with E-state index >= 15 is 0 Å². The van der Waals surface area contributed by atoms with E-state index in [-0.39, 0.29) is 6.61 Å². The fraction of sp³-hybridized carbons (Fsp3) is 0.143. The van der Waals surface area contributed by atoms with Crippen LogP contribution in [0.4, 0.5) is 5.13 Å². The van der Waals surface area contributed by atoms with Crippen LogP contribution in [0.3, 0.4) is 0 Å². The molecule has 1 heterocycles. The van der Waals surface area contributed by atoms with Crippen molar-refractivity contribution in [3.8, 4) is 35.1 Å². The number of methoxy groups -OCH3 is 1. The largest absolute Gasteiger partial charge is 0.493 e. The average molecular weight is 377 g/mol. The third-order valence-corrected chi connectivity index (χ3v) is 4.47. The summed E-state index contributed by atoms with van der Waals surface area (Å²) in [6.45, 7) is 2.26. The third kappa shape index (κ3) is 4.87. The zero-order chi connectivity index (χ0) is 19.1. The smallest absolute Gasteiger partial charge is 0.203 e. The zero-order valence-electron chi connectivity index (χ0n) is 15.1. The van der Waals surface area contributed by atoms with Crippen LogP contribution >= 0.6 is 11.3 Å². The van der Waals surface area contributed by atoms with Crippen molar-refractivity contribution in [3.05, 3.63) is 59.0 Å². The Hall–Kier alpha value is -3.30. The molecule has 0 bridgehead atoms. The van der Waals surface area contributed by atoms with Gasteiger partial charge in [0, 0.05) is 10.9 Å². The number of hydrogen-bond acceptors (Lipinski definition) is 6. The normalized spacial score (nSPS) is 10.6. The highest BCUT2D eigenvalue weighted by molar-refractivity contribution is 7.14. The van der Waals surface area contributed by atoms with Crippen molar-refractivity contribution in [2.24, 2.45) is 5.10 Å². The Bertz CT molecular complexity index is 972. The minimum Gasteiger partial charge on any atom is -0.493 e. The van der Waals surface area contributed by atoms with Crippen molar-refractivity contribution < 1.29 is 9.47 Å². The number of nitrogens with one attached hydrogen (secondary N) is 1. The lowest BCUT2D eigenvalue weighted by Gasteiger charge is -2.08. The number of anilines is 1. The lowest BCUT2D eigenvalue weighted by molar-refractivity contribution is 0.331. The first-order valence-corrected chi connectivity index (χ1v) is 9.13. The van der Waals surface area contributed by atoms with Crippen molar-refractivity contribution in [1.82, 2.24) is 4.98 Å². The highest BCUT2D eigenvalue weighted by atomic mass is 32.1. The summed E-state index contributed by atoms with van der Waals surface area (Å²) in [6, 6.07) is 13.8. The molecule has 0 fully saturated rings. The van der Waals surface area contributed by atoms with Gasteiger partial charge in [0.15, 0.2) is 11.5 Å². The molecule has 3 aromatic rings. The van der Waals surface area contributed by atoms with Gasteiger partial charge in [0.05, 0.1) is 19.0 Å². The predicted molar refractivity (Wildman–Crippen MR) is 111 cm³/mol. The van der Waals surface area contributed by atoms with Crippen LogP contribution in [-0.4, -0.2) is 24.9 Å². The average Bonchev–Trinajstić information content (AvgIpc) is 3.16. The van der Waals surface area contributed by atoms with Crippen LogP contribution in [-0.2, 0) is 0 Å². The van der Waals surface area contributed by atoms with Gasteiger partial charge < -0.3 is 9.47 Å². The van der Waals surface area contributed by atoms with E-state index in [1.165, 1.54) is 16.9 Å². The zero-order valence-corrected chi connectivity index (χ0v) is 15.9. The van der Waals surface area contributed by atoms with Gasteiger partial charge in [-0.2, -0.15) is 5.10 Å². The summed E-state index contributed by atoms with van der Waals surface area (Å²) in [5.74, 6) is 3.63. The molecule has 27 heavy (non-hydrogen) atoms. The first kappa shape index (κ1) is 18.5. The van der Waals surface area contributed by atoms with Crippen molar-refractivity contribution in [2.75, 3.05) is 19.1 Å². The molecule has 1 aromatic heterocycles. The van der Waals surface area contributed by atoms with Gasteiger partial charge in [0.25, 0.3) is 0 Å². The standard InChI is InChI=1S/C21H19N3O2S/c1-4-11-26-19-10-7-16(12-20(19)25-3)13-22-24-21-23-18(14-27-21)17-8-5-15(2)6-9-17/h1,5-10,12-14H,11H2,2-3H3,(H,23,24)/b22-13-. The fourth-order valence-corrected chi connectivity index (χ4v) is 3.02. The first-order chi connectivity index (χ1) is 13.2. The number of rotatable bonds is 7. The summed E-state index contributed by atoms with van der Waals surface area (Å²) in [4.78, 5) is 4.55. The molecule has 1 N–H and O–H groups in total. The Morgan fingerprint density at radius 1 is 1.22 bits per heavy atom. The Morgan fingerprint density at radius 2 is 2.04 bits per heavy atom. The van der Waals surface area contributed by atoms with E-state index in [2.05, 4.69) is 52.6 Å². The highest BCUT2D eigenvalue weighted by Crippen LogP contribution is 2.28. The molecule has 0 unspecified atom stereocenters. The van der Waals surface area contributed by atoms with Crippen molar-refractivity contribution in [3.63, 3.8) is 0 Å². The SMILES string of the molecule is C#CCOc1ccc(/C=N\Nc2nc(-c3ccc(C)cc3)cs2)cc1OC. The number of hydrogen-bond donors (Lipinski definition) is 1. The minimum atomic E-state index is 0.193. The maximum atomic E-state index is 5.43. The van der Waals surface area contributed by atoms with Gasteiger partial charge in [-0.3, -0.25) is 5.43 Å². The summed E-state index contributed by atoms with van der Waals surface area (Å²) in [6.07, 6.45) is 6.91. The number of hydrazone groups is 1. The summed E-state index contributed by atoms with van der Waals surface area (Å²) >= 11 is 1.50. The maximum Gasteiger partial charge on any atom is 0.203 e. The van der Waals surface area contributed by atoms with Gasteiger partial charge in [-0.25, -0.2) is 4.98 Å². The monoisotopic (exact) mass is 377 g/mol. The second-order valence-electron chi connectivity index (χ2n) is 5.68. The summed E-state index contributed by atoms with van der Waals surface area (Å²) in [7, 11) is 1.58. The molecule has 0 amide bonds. The van der Waals surface area contributed by atoms with Crippen LogP contribution in [0.15, 0.2) is 52.9 Å². The maximum absolute atomic E-state index is 5.43. The number of benzene rings is 2. The highest BCUT2D eigenvalue weighted by Gasteiger charge is 2.05. The van der Waals surface area contributed by atoms with E-state index in [0.717, 1.165) is 22.0 Å². The fourth-order valence-electron chi connectivity index (χ4n) is 2.35. The van der Waals surface area contributed by atoms with Crippen LogP contribution in [0.5, 0.6) is 11.5 Å². The summed E-state index contributed by atoms with van der Waals surface area (Å²) in [5.41, 5.74) is 7.06. The molecule has 0 aliphatic heterocycles. The molecule has 0 spiro atoms. The molecule has 0 aliphatic carbocycles. The van der Waals surface area contributed by atoms with E-state index in [4.69, 9.17) is 15.9 Å². The second-order valence-corrected chi connectivity index (χ2v) is 6.54. The Balaban J connectivity index is 1.65. The van der Waals surface area contributed by atoms with E-state index in [1.54, 1.807) is 19.4 Å². The molecule has 0 atom stereocenters. The molecule has 2 aromatic carbocycles. The van der Waals surface area contributed by atoms with Gasteiger partial charge in [-0.05, 0) is 30.7 Å². The Labute approximate surface area is 162 Å². The lowest BCUT2D eigenvalue weighted by Crippen LogP contribution is -1.98. The predicted octanol–water partition coefficient (Wildman–Crippen LogP) is 4.59. The molecule has 0 aliphatic rings. The molecule has 0 radical (unpaired) electrons. The van der Waals surface area contributed by atoms with Crippen LogP contribution < -0.4 is 14.9 Å². The summed E-state index contributed by atoms with van der Waals surface area (Å²) in [5, 5.41) is 6.97. The number of aryl methyl sites for hydroxylation is 1. The second kappa shape index (κ2) is 8.88. The number of nitrogens with zero attached hydrogens (tertiary/aromatic N) is 2. The Morgan fingerprint density at radius 3 is 2.78 bits per heavy atom. The van der Waals surface area contributed by atoms with Crippen molar-refractivity contribution >= 4 is 22.7 Å². The van der Waals surface area contributed by atoms with Crippen LogP contribution in [0.1, 0.15) is 11.1 Å². The molecule has 136 valence electrons. The van der Waals surface area contributed by atoms with E-state index in [9.17, 15) is 0 Å². The van der Waals surface area contributed by atoms with Gasteiger partial charge >= 0.3 is 0 Å². The lowest BCUT2D eigenvalue weighted by atomic mass is 10.1. The van der Waals surface area contributed by atoms with Gasteiger partial charge in [0.1, 0.15) is 6.61 Å². The van der Waals surface area contributed by atoms with Crippen molar-refractivity contribution in [1.29, 1.82) is 0 Å². The quantitative estimate of drug-likeness (QED) is 0.372. The number of aromatic nitrogens is 1. The van der Waals surface area contributed by atoms with Gasteiger partial charge in [-0.15, -0.1) is 17.8 Å². The van der Waals surface area contributed by atoms with E-state index in [0.29, 0.717) is 11.5 Å². The third-order valence-electron chi connectivity index (χ3n) is 3.72. The van der Waals surface area contributed by atoms with Crippen LogP contribution in [0, 0.1) is 19.3 Å².